The second-order valence-electron chi connectivity index (χ2n) is 8.61. The molecular formula is C27H20F2N2O3S. The summed E-state index contributed by atoms with van der Waals surface area (Å²) in [5, 5.41) is 11.3. The number of ketones is 1. The summed E-state index contributed by atoms with van der Waals surface area (Å²) in [4.78, 5) is 32.2. The Morgan fingerprint density at radius 3 is 2.29 bits per heavy atom. The van der Waals surface area contributed by atoms with Crippen LogP contribution in [0.15, 0.2) is 72.3 Å². The predicted molar refractivity (Wildman–Crippen MR) is 131 cm³/mol. The molecule has 1 aromatic heterocycles. The minimum atomic E-state index is -0.966. The maximum atomic E-state index is 13.8. The van der Waals surface area contributed by atoms with Gasteiger partial charge in [-0.25, -0.2) is 13.8 Å². The van der Waals surface area contributed by atoms with Crippen LogP contribution >= 0.6 is 11.3 Å². The van der Waals surface area contributed by atoms with Crippen LogP contribution in [-0.2, 0) is 9.59 Å². The van der Waals surface area contributed by atoms with Crippen molar-refractivity contribution in [1.82, 2.24) is 4.98 Å². The highest BCUT2D eigenvalue weighted by Gasteiger charge is 2.48. The van der Waals surface area contributed by atoms with Gasteiger partial charge < -0.3 is 5.11 Å². The van der Waals surface area contributed by atoms with Crippen molar-refractivity contribution in [3.05, 3.63) is 101 Å². The van der Waals surface area contributed by atoms with Gasteiger partial charge >= 0.3 is 5.91 Å². The Morgan fingerprint density at radius 2 is 1.63 bits per heavy atom. The average molecular weight is 491 g/mol. The fourth-order valence-corrected chi connectivity index (χ4v) is 5.18. The van der Waals surface area contributed by atoms with Gasteiger partial charge in [-0.3, -0.25) is 14.5 Å². The molecule has 1 saturated heterocycles. The van der Waals surface area contributed by atoms with Crippen LogP contribution in [0.3, 0.4) is 0 Å². The molecule has 1 amide bonds. The number of hydrogen-bond donors (Lipinski definition) is 1. The van der Waals surface area contributed by atoms with Gasteiger partial charge in [0.2, 0.25) is 0 Å². The molecule has 1 N–H and O–H groups in total. The van der Waals surface area contributed by atoms with Crippen LogP contribution in [0.1, 0.15) is 42.5 Å². The van der Waals surface area contributed by atoms with E-state index >= 15 is 0 Å². The summed E-state index contributed by atoms with van der Waals surface area (Å²) in [6, 6.07) is 15.6. The van der Waals surface area contributed by atoms with E-state index in [2.05, 4.69) is 18.8 Å². The Bertz CT molecular complexity index is 1490. The third kappa shape index (κ3) is 4.00. The maximum Gasteiger partial charge on any atom is 0.301 e. The smallest absolute Gasteiger partial charge is 0.301 e. The first kappa shape index (κ1) is 22.9. The van der Waals surface area contributed by atoms with Gasteiger partial charge in [0.1, 0.15) is 17.4 Å². The molecule has 2 heterocycles. The monoisotopic (exact) mass is 490 g/mol. The van der Waals surface area contributed by atoms with Crippen LogP contribution in [-0.4, -0.2) is 21.8 Å². The largest absolute Gasteiger partial charge is 0.507 e. The summed E-state index contributed by atoms with van der Waals surface area (Å²) < 4.78 is 27.8. The van der Waals surface area contributed by atoms with Gasteiger partial charge in [-0.1, -0.05) is 49.4 Å². The molecule has 176 valence electrons. The number of aliphatic hydroxyl groups excluding tert-OH is 1. The molecule has 8 heteroatoms. The number of aliphatic hydroxyl groups is 1. The topological polar surface area (TPSA) is 70.5 Å². The first-order valence-corrected chi connectivity index (χ1v) is 11.8. The number of fused-ring (bicyclic) bond motifs is 1. The highest BCUT2D eigenvalue weighted by atomic mass is 32.1. The molecule has 0 radical (unpaired) electrons. The van der Waals surface area contributed by atoms with E-state index in [1.165, 1.54) is 47.4 Å². The van der Waals surface area contributed by atoms with Crippen LogP contribution in [0, 0.1) is 11.6 Å². The molecule has 1 atom stereocenters. The van der Waals surface area contributed by atoms with Gasteiger partial charge in [0.15, 0.2) is 5.13 Å². The zero-order valence-corrected chi connectivity index (χ0v) is 19.6. The molecule has 0 saturated carbocycles. The molecular weight excluding hydrogens is 470 g/mol. The number of thiazole rings is 1. The van der Waals surface area contributed by atoms with Crippen molar-refractivity contribution in [2.75, 3.05) is 4.90 Å². The average Bonchev–Trinajstić information content (AvgIpc) is 3.37. The van der Waals surface area contributed by atoms with Crippen molar-refractivity contribution in [1.29, 1.82) is 0 Å². The van der Waals surface area contributed by atoms with Gasteiger partial charge in [-0.2, -0.15) is 0 Å². The van der Waals surface area contributed by atoms with Crippen LogP contribution in [0.25, 0.3) is 16.0 Å². The summed E-state index contributed by atoms with van der Waals surface area (Å²) in [5.41, 5.74) is 2.24. The summed E-state index contributed by atoms with van der Waals surface area (Å²) in [5.74, 6) is -2.80. The molecule has 0 spiro atoms. The first-order chi connectivity index (χ1) is 16.7. The van der Waals surface area contributed by atoms with E-state index < -0.39 is 35.1 Å². The highest BCUT2D eigenvalue weighted by molar-refractivity contribution is 7.22. The number of carbonyl (C=O) groups is 2. The standard InChI is InChI=1S/C27H20F2N2O3S/c1-14(2)15-3-5-16(6-4-15)23-22(24(32)17-7-9-18(28)10-8-17)25(33)26(34)31(23)27-30-20-12-11-19(29)13-21(20)35-27/h3-14,23,32H,1-2H3/b24-22+/t23-/m1/s1. The Balaban J connectivity index is 1.71. The van der Waals surface area contributed by atoms with Crippen molar-refractivity contribution in [2.45, 2.75) is 25.8 Å². The lowest BCUT2D eigenvalue weighted by Crippen LogP contribution is -2.29. The fourth-order valence-electron chi connectivity index (χ4n) is 4.16. The van der Waals surface area contributed by atoms with Crippen molar-refractivity contribution in [3.63, 3.8) is 0 Å². The van der Waals surface area contributed by atoms with Crippen LogP contribution in [0.4, 0.5) is 13.9 Å². The lowest BCUT2D eigenvalue weighted by Gasteiger charge is -2.23. The SMILES string of the molecule is CC(C)c1ccc([C@@H]2/C(=C(\O)c3ccc(F)cc3)C(=O)C(=O)N2c2nc3ccc(F)cc3s2)cc1. The van der Waals surface area contributed by atoms with Crippen LogP contribution in [0.5, 0.6) is 0 Å². The van der Waals surface area contributed by atoms with Gasteiger partial charge in [0.05, 0.1) is 21.8 Å². The summed E-state index contributed by atoms with van der Waals surface area (Å²) >= 11 is 1.08. The number of benzene rings is 3. The third-order valence-corrected chi connectivity index (χ3v) is 7.04. The highest BCUT2D eigenvalue weighted by Crippen LogP contribution is 2.44. The molecule has 5 rings (SSSR count). The number of aromatic nitrogens is 1. The normalized spacial score (nSPS) is 17.6. The number of Topliss-reactive ketones (excluding diaryl/α,β-unsaturated/α-hetero) is 1. The zero-order chi connectivity index (χ0) is 24.9. The number of carbonyl (C=O) groups excluding carboxylic acids is 2. The third-order valence-electron chi connectivity index (χ3n) is 6.03. The molecule has 4 aromatic rings. The molecule has 3 aromatic carbocycles. The quantitative estimate of drug-likeness (QED) is 0.206. The Kier molecular flexibility index (Phi) is 5.68. The van der Waals surface area contributed by atoms with Gasteiger partial charge in [0.25, 0.3) is 5.78 Å². The summed E-state index contributed by atoms with van der Waals surface area (Å²) in [7, 11) is 0. The lowest BCUT2D eigenvalue weighted by atomic mass is 9.93. The molecule has 0 aliphatic carbocycles. The fraction of sp³-hybridized carbons (Fsp3) is 0.148. The number of halogens is 2. The van der Waals surface area contributed by atoms with Gasteiger partial charge in [-0.15, -0.1) is 0 Å². The second-order valence-corrected chi connectivity index (χ2v) is 9.61. The van der Waals surface area contributed by atoms with Crippen molar-refractivity contribution >= 4 is 44.1 Å². The maximum absolute atomic E-state index is 13.8. The zero-order valence-electron chi connectivity index (χ0n) is 18.8. The predicted octanol–water partition coefficient (Wildman–Crippen LogP) is 6.32. The molecule has 5 nitrogen and oxygen atoms in total. The molecule has 0 bridgehead atoms. The summed E-state index contributed by atoms with van der Waals surface area (Å²) in [6.45, 7) is 4.10. The Morgan fingerprint density at radius 1 is 0.971 bits per heavy atom. The Hall–Kier alpha value is -3.91. The molecule has 1 aliphatic heterocycles. The minimum absolute atomic E-state index is 0.121. The first-order valence-electron chi connectivity index (χ1n) is 11.0. The van der Waals surface area contributed by atoms with Crippen LogP contribution < -0.4 is 4.90 Å². The van der Waals surface area contributed by atoms with E-state index in [9.17, 15) is 23.5 Å². The number of amides is 1. The summed E-state index contributed by atoms with van der Waals surface area (Å²) in [6.07, 6.45) is 0. The number of nitrogens with zero attached hydrogens (tertiary/aromatic N) is 2. The minimum Gasteiger partial charge on any atom is -0.507 e. The van der Waals surface area contributed by atoms with E-state index in [4.69, 9.17) is 0 Å². The van der Waals surface area contributed by atoms with E-state index in [1.54, 1.807) is 0 Å². The van der Waals surface area contributed by atoms with E-state index in [-0.39, 0.29) is 22.2 Å². The van der Waals surface area contributed by atoms with Crippen LogP contribution in [0.2, 0.25) is 0 Å². The molecule has 1 aliphatic rings. The number of hydrogen-bond acceptors (Lipinski definition) is 5. The Labute approximate surface area is 204 Å². The van der Waals surface area contributed by atoms with Crippen molar-refractivity contribution < 1.29 is 23.5 Å². The van der Waals surface area contributed by atoms with Crippen molar-refractivity contribution in [2.24, 2.45) is 0 Å². The number of rotatable bonds is 4. The van der Waals surface area contributed by atoms with E-state index in [0.29, 0.717) is 15.8 Å². The molecule has 0 unspecified atom stereocenters. The number of anilines is 1. The van der Waals surface area contributed by atoms with E-state index in [1.807, 2.05) is 24.3 Å². The second kappa shape index (κ2) is 8.70. The van der Waals surface area contributed by atoms with Gasteiger partial charge in [0, 0.05) is 5.56 Å². The lowest BCUT2D eigenvalue weighted by molar-refractivity contribution is -0.132. The van der Waals surface area contributed by atoms with E-state index in [0.717, 1.165) is 16.9 Å². The molecule has 1 fully saturated rings. The van der Waals surface area contributed by atoms with Gasteiger partial charge in [-0.05, 0) is 59.5 Å². The van der Waals surface area contributed by atoms with Crippen molar-refractivity contribution in [3.8, 4) is 0 Å². The molecule has 35 heavy (non-hydrogen) atoms.